The van der Waals surface area contributed by atoms with Crippen molar-refractivity contribution in [3.63, 3.8) is 0 Å². The summed E-state index contributed by atoms with van der Waals surface area (Å²) < 4.78 is 0. The number of rotatable bonds is 2. The summed E-state index contributed by atoms with van der Waals surface area (Å²) in [7, 11) is 0. The predicted octanol–water partition coefficient (Wildman–Crippen LogP) is 0.843. The Morgan fingerprint density at radius 1 is 2.00 bits per heavy atom. The zero-order valence-corrected chi connectivity index (χ0v) is 3.85. The second-order valence-electron chi connectivity index (χ2n) is 0.706. The van der Waals surface area contributed by atoms with Crippen molar-refractivity contribution in [2.45, 2.75) is 6.92 Å². The van der Waals surface area contributed by atoms with Gasteiger partial charge in [0, 0.05) is 6.21 Å². The minimum atomic E-state index is 0.617. The number of hydrogen-bond donors (Lipinski definition) is 0. The highest BCUT2D eigenvalue weighted by atomic mass is 16.6. The van der Waals surface area contributed by atoms with Crippen LogP contribution in [0.25, 0.3) is 0 Å². The van der Waals surface area contributed by atoms with E-state index in [1.807, 2.05) is 6.92 Å². The van der Waals surface area contributed by atoms with Crippen LogP contribution in [0.3, 0.4) is 0 Å². The Morgan fingerprint density at radius 3 is 2.83 bits per heavy atom. The molecule has 1 radical (unpaired) electrons. The van der Waals surface area contributed by atoms with Crippen LogP contribution < -0.4 is 0 Å². The summed E-state index contributed by atoms with van der Waals surface area (Å²) in [6, 6.07) is 0. The number of oxime groups is 1. The zero-order chi connectivity index (χ0) is 4.83. The lowest BCUT2D eigenvalue weighted by Gasteiger charge is -1.84. The maximum absolute atomic E-state index is 4.49. The van der Waals surface area contributed by atoms with Gasteiger partial charge < -0.3 is 4.84 Å². The monoisotopic (exact) mass is 86.1 g/mol. The van der Waals surface area contributed by atoms with Crippen LogP contribution in [0.5, 0.6) is 0 Å². The molecule has 0 aliphatic rings. The van der Waals surface area contributed by atoms with Crippen molar-refractivity contribution in [1.29, 1.82) is 0 Å². The molecule has 0 aromatic rings. The molecular formula is C4H8NO. The molecule has 0 aromatic heterocycles. The van der Waals surface area contributed by atoms with Gasteiger partial charge in [0.25, 0.3) is 0 Å². The number of nitrogens with zero attached hydrogens (tertiary/aromatic N) is 1. The van der Waals surface area contributed by atoms with Crippen molar-refractivity contribution in [1.82, 2.24) is 0 Å². The fraction of sp³-hybridized carbons (Fsp3) is 0.500. The van der Waals surface area contributed by atoms with E-state index in [4.69, 9.17) is 0 Å². The molecular weight excluding hydrogens is 78.0 g/mol. The number of hydrogen-bond acceptors (Lipinski definition) is 2. The van der Waals surface area contributed by atoms with Gasteiger partial charge in [0.05, 0.1) is 0 Å². The maximum Gasteiger partial charge on any atom is 0.114 e. The van der Waals surface area contributed by atoms with Crippen LogP contribution in [0.2, 0.25) is 0 Å². The van der Waals surface area contributed by atoms with Crippen molar-refractivity contribution in [2.24, 2.45) is 5.16 Å². The van der Waals surface area contributed by atoms with E-state index in [1.165, 1.54) is 6.21 Å². The van der Waals surface area contributed by atoms with Gasteiger partial charge in [0.15, 0.2) is 0 Å². The highest BCUT2D eigenvalue weighted by Gasteiger charge is 1.61. The largest absolute Gasteiger partial charge is 0.396 e. The Morgan fingerprint density at radius 2 is 2.67 bits per heavy atom. The molecule has 0 unspecified atom stereocenters. The Bertz CT molecular complexity index is 42.8. The Labute approximate surface area is 37.8 Å². The van der Waals surface area contributed by atoms with Crippen molar-refractivity contribution < 1.29 is 4.84 Å². The lowest BCUT2D eigenvalue weighted by molar-refractivity contribution is 0.160. The van der Waals surface area contributed by atoms with Gasteiger partial charge in [-0.2, -0.15) is 0 Å². The lowest BCUT2D eigenvalue weighted by atomic mass is 10.9. The summed E-state index contributed by atoms with van der Waals surface area (Å²) in [5.74, 6) is 0. The fourth-order valence-corrected chi connectivity index (χ4v) is 0.127. The van der Waals surface area contributed by atoms with Gasteiger partial charge in [-0.3, -0.25) is 0 Å². The summed E-state index contributed by atoms with van der Waals surface area (Å²) in [5, 5.41) is 3.35. The molecule has 0 N–H and O–H groups in total. The molecule has 0 heterocycles. The van der Waals surface area contributed by atoms with Gasteiger partial charge in [0.1, 0.15) is 6.61 Å². The van der Waals surface area contributed by atoms with Crippen molar-refractivity contribution in [3.8, 4) is 0 Å². The van der Waals surface area contributed by atoms with Crippen LogP contribution >= 0.6 is 0 Å². The van der Waals surface area contributed by atoms with E-state index in [0.717, 1.165) is 0 Å². The van der Waals surface area contributed by atoms with E-state index in [-0.39, 0.29) is 0 Å². The second-order valence-corrected chi connectivity index (χ2v) is 0.706. The molecule has 0 rings (SSSR count). The quantitative estimate of drug-likeness (QED) is 0.360. The van der Waals surface area contributed by atoms with E-state index in [9.17, 15) is 0 Å². The van der Waals surface area contributed by atoms with E-state index in [1.54, 1.807) is 0 Å². The molecule has 6 heavy (non-hydrogen) atoms. The SMILES string of the molecule is [CH2]/C=N\OCC. The van der Waals surface area contributed by atoms with Crippen LogP contribution in [0.15, 0.2) is 5.16 Å². The molecule has 0 aliphatic carbocycles. The second kappa shape index (κ2) is 4.47. The molecule has 0 fully saturated rings. The Kier molecular flexibility index (Phi) is 4.08. The molecule has 0 atom stereocenters. The Balaban J connectivity index is 2.66. The third-order valence-electron chi connectivity index (χ3n) is 0.278. The molecule has 0 spiro atoms. The van der Waals surface area contributed by atoms with Gasteiger partial charge in [-0.25, -0.2) is 0 Å². The molecule has 35 valence electrons. The smallest absolute Gasteiger partial charge is 0.114 e. The zero-order valence-electron chi connectivity index (χ0n) is 3.85. The first-order valence-electron chi connectivity index (χ1n) is 1.84. The molecule has 0 saturated carbocycles. The van der Waals surface area contributed by atoms with Crippen LogP contribution in [-0.2, 0) is 4.84 Å². The topological polar surface area (TPSA) is 21.6 Å². The molecule has 0 amide bonds. The molecule has 2 nitrogen and oxygen atoms in total. The highest BCUT2D eigenvalue weighted by molar-refractivity contribution is 5.60. The summed E-state index contributed by atoms with van der Waals surface area (Å²) in [5.41, 5.74) is 0. The van der Waals surface area contributed by atoms with E-state index < -0.39 is 0 Å². The fourth-order valence-electron chi connectivity index (χ4n) is 0.127. The normalized spacial score (nSPS) is 9.67. The molecule has 0 aromatic carbocycles. The summed E-state index contributed by atoms with van der Waals surface area (Å²) >= 11 is 0. The lowest BCUT2D eigenvalue weighted by Crippen LogP contribution is -1.75. The van der Waals surface area contributed by atoms with Crippen LogP contribution in [0, 0.1) is 6.92 Å². The average Bonchev–Trinajstić information content (AvgIpc) is 1.61. The average molecular weight is 86.1 g/mol. The minimum Gasteiger partial charge on any atom is -0.396 e. The van der Waals surface area contributed by atoms with Gasteiger partial charge in [-0.05, 0) is 13.8 Å². The first-order valence-corrected chi connectivity index (χ1v) is 1.84. The molecule has 2 heteroatoms. The standard InChI is InChI=1S/C4H8NO/c1-3-5-6-4-2/h3H,1,4H2,2H3/b5-3-. The van der Waals surface area contributed by atoms with Crippen molar-refractivity contribution in [3.05, 3.63) is 6.92 Å². The highest BCUT2D eigenvalue weighted by Crippen LogP contribution is 1.67. The molecule has 0 aliphatic heterocycles. The van der Waals surface area contributed by atoms with Crippen molar-refractivity contribution >= 4 is 6.21 Å². The predicted molar refractivity (Wildman–Crippen MR) is 25.5 cm³/mol. The van der Waals surface area contributed by atoms with Gasteiger partial charge in [-0.1, -0.05) is 5.16 Å². The molecule has 0 saturated heterocycles. The van der Waals surface area contributed by atoms with Gasteiger partial charge in [0.2, 0.25) is 0 Å². The maximum atomic E-state index is 4.49. The summed E-state index contributed by atoms with van der Waals surface area (Å²) in [6.45, 7) is 5.79. The van der Waals surface area contributed by atoms with Gasteiger partial charge in [-0.15, -0.1) is 0 Å². The first-order chi connectivity index (χ1) is 2.91. The van der Waals surface area contributed by atoms with E-state index in [2.05, 4.69) is 16.9 Å². The van der Waals surface area contributed by atoms with Crippen LogP contribution in [0.1, 0.15) is 6.92 Å². The summed E-state index contributed by atoms with van der Waals surface area (Å²) in [6.07, 6.45) is 1.36. The third kappa shape index (κ3) is 3.47. The van der Waals surface area contributed by atoms with Crippen LogP contribution in [-0.4, -0.2) is 12.8 Å². The van der Waals surface area contributed by atoms with E-state index >= 15 is 0 Å². The van der Waals surface area contributed by atoms with Gasteiger partial charge >= 0.3 is 0 Å². The third-order valence-corrected chi connectivity index (χ3v) is 0.278. The van der Waals surface area contributed by atoms with Crippen LogP contribution in [0.4, 0.5) is 0 Å². The first kappa shape index (κ1) is 5.47. The summed E-state index contributed by atoms with van der Waals surface area (Å²) in [4.78, 5) is 4.49. The Hall–Kier alpha value is -0.530. The molecule has 0 bridgehead atoms. The van der Waals surface area contributed by atoms with E-state index in [0.29, 0.717) is 6.61 Å². The van der Waals surface area contributed by atoms with Crippen molar-refractivity contribution in [2.75, 3.05) is 6.61 Å². The minimum absolute atomic E-state index is 0.617.